The molecular weight excluding hydrogens is 222 g/mol. The Morgan fingerprint density at radius 2 is 1.76 bits per heavy atom. The molecule has 1 atom stereocenters. The summed E-state index contributed by atoms with van der Waals surface area (Å²) in [6.45, 7) is 0.396. The first kappa shape index (κ1) is 13.2. The third-order valence-corrected chi connectivity index (χ3v) is 2.56. The number of aliphatic carboxylic acids is 2. The van der Waals surface area contributed by atoms with Gasteiger partial charge in [0.2, 0.25) is 0 Å². The number of carbonyl (C=O) groups is 2. The van der Waals surface area contributed by atoms with E-state index in [1.165, 1.54) is 0 Å². The van der Waals surface area contributed by atoms with Crippen LogP contribution in [-0.4, -0.2) is 22.2 Å². The van der Waals surface area contributed by atoms with E-state index in [9.17, 15) is 9.59 Å². The van der Waals surface area contributed by atoms with Crippen molar-refractivity contribution in [1.29, 1.82) is 0 Å². The van der Waals surface area contributed by atoms with Crippen LogP contribution >= 0.6 is 0 Å². The number of carboxylic acids is 2. The van der Waals surface area contributed by atoms with Crippen LogP contribution in [0.25, 0.3) is 0 Å². The summed E-state index contributed by atoms with van der Waals surface area (Å²) in [5.41, 5.74) is 6.96. The second-order valence-corrected chi connectivity index (χ2v) is 3.77. The molecule has 1 rings (SSSR count). The summed E-state index contributed by atoms with van der Waals surface area (Å²) >= 11 is 0. The van der Waals surface area contributed by atoms with Crippen LogP contribution in [0.2, 0.25) is 0 Å². The van der Waals surface area contributed by atoms with Gasteiger partial charge in [-0.05, 0) is 17.5 Å². The molecule has 0 aliphatic rings. The summed E-state index contributed by atoms with van der Waals surface area (Å²) in [4.78, 5) is 21.5. The Kier molecular flexibility index (Phi) is 4.66. The zero-order chi connectivity index (χ0) is 12.8. The number of rotatable bonds is 6. The SMILES string of the molecule is NCc1ccc(C(CCC(=O)O)C(=O)O)cc1. The zero-order valence-corrected chi connectivity index (χ0v) is 9.30. The van der Waals surface area contributed by atoms with Crippen LogP contribution in [0.15, 0.2) is 24.3 Å². The summed E-state index contributed by atoms with van der Waals surface area (Å²) in [6, 6.07) is 6.88. The summed E-state index contributed by atoms with van der Waals surface area (Å²) in [5.74, 6) is -2.78. The van der Waals surface area contributed by atoms with Gasteiger partial charge >= 0.3 is 11.9 Å². The summed E-state index contributed by atoms with van der Waals surface area (Å²) < 4.78 is 0. The fourth-order valence-electron chi connectivity index (χ4n) is 1.59. The van der Waals surface area contributed by atoms with E-state index in [-0.39, 0.29) is 12.8 Å². The molecule has 0 aliphatic heterocycles. The highest BCUT2D eigenvalue weighted by Crippen LogP contribution is 2.22. The number of benzene rings is 1. The topological polar surface area (TPSA) is 101 Å². The number of nitrogens with two attached hydrogens (primary N) is 1. The minimum atomic E-state index is -1.01. The molecule has 17 heavy (non-hydrogen) atoms. The molecule has 92 valence electrons. The van der Waals surface area contributed by atoms with Crippen molar-refractivity contribution in [3.63, 3.8) is 0 Å². The predicted molar refractivity (Wildman–Crippen MR) is 61.6 cm³/mol. The van der Waals surface area contributed by atoms with Crippen molar-refractivity contribution in [2.45, 2.75) is 25.3 Å². The molecule has 0 heterocycles. The maximum atomic E-state index is 11.0. The first-order valence-corrected chi connectivity index (χ1v) is 5.28. The Hall–Kier alpha value is -1.88. The Balaban J connectivity index is 2.81. The summed E-state index contributed by atoms with van der Waals surface area (Å²) in [7, 11) is 0. The van der Waals surface area contributed by atoms with Crippen molar-refractivity contribution in [1.82, 2.24) is 0 Å². The van der Waals surface area contributed by atoms with Crippen LogP contribution in [-0.2, 0) is 16.1 Å². The van der Waals surface area contributed by atoms with E-state index >= 15 is 0 Å². The van der Waals surface area contributed by atoms with Crippen molar-refractivity contribution in [3.8, 4) is 0 Å². The van der Waals surface area contributed by atoms with E-state index in [0.29, 0.717) is 12.1 Å². The standard InChI is InChI=1S/C12H15NO4/c13-7-8-1-3-9(4-2-8)10(12(16)17)5-6-11(14)15/h1-4,10H,5-7,13H2,(H,14,15)(H,16,17). The minimum Gasteiger partial charge on any atom is -0.481 e. The molecule has 5 heteroatoms. The van der Waals surface area contributed by atoms with E-state index in [1.54, 1.807) is 24.3 Å². The molecule has 1 aromatic rings. The number of hydrogen-bond acceptors (Lipinski definition) is 3. The smallest absolute Gasteiger partial charge is 0.310 e. The van der Waals surface area contributed by atoms with Gasteiger partial charge in [0.1, 0.15) is 0 Å². The normalized spacial score (nSPS) is 12.1. The van der Waals surface area contributed by atoms with Gasteiger partial charge in [0.25, 0.3) is 0 Å². The molecule has 0 saturated carbocycles. The third-order valence-electron chi connectivity index (χ3n) is 2.56. The molecule has 0 amide bonds. The van der Waals surface area contributed by atoms with E-state index in [1.807, 2.05) is 0 Å². The largest absolute Gasteiger partial charge is 0.481 e. The van der Waals surface area contributed by atoms with Gasteiger partial charge in [-0.2, -0.15) is 0 Å². The molecular formula is C12H15NO4. The zero-order valence-electron chi connectivity index (χ0n) is 9.30. The molecule has 0 spiro atoms. The number of hydrogen-bond donors (Lipinski definition) is 3. The fraction of sp³-hybridized carbons (Fsp3) is 0.333. The van der Waals surface area contributed by atoms with Crippen LogP contribution in [0.4, 0.5) is 0 Å². The molecule has 5 nitrogen and oxygen atoms in total. The van der Waals surface area contributed by atoms with Crippen LogP contribution in [0.1, 0.15) is 29.9 Å². The first-order chi connectivity index (χ1) is 8.04. The molecule has 0 aromatic heterocycles. The van der Waals surface area contributed by atoms with E-state index in [4.69, 9.17) is 15.9 Å². The molecule has 1 aromatic carbocycles. The van der Waals surface area contributed by atoms with Crippen LogP contribution < -0.4 is 5.73 Å². The molecule has 0 saturated heterocycles. The number of carboxylic acid groups (broad SMARTS) is 2. The Bertz CT molecular complexity index is 399. The predicted octanol–water partition coefficient (Wildman–Crippen LogP) is 1.18. The lowest BCUT2D eigenvalue weighted by Gasteiger charge is -2.11. The summed E-state index contributed by atoms with van der Waals surface area (Å²) in [6.07, 6.45) is -0.0672. The Morgan fingerprint density at radius 3 is 2.18 bits per heavy atom. The Labute approximate surface area is 98.9 Å². The van der Waals surface area contributed by atoms with Gasteiger partial charge in [0.05, 0.1) is 5.92 Å². The quantitative estimate of drug-likeness (QED) is 0.689. The van der Waals surface area contributed by atoms with Crippen molar-refractivity contribution in [2.24, 2.45) is 5.73 Å². The van der Waals surface area contributed by atoms with E-state index in [2.05, 4.69) is 0 Å². The third kappa shape index (κ3) is 3.88. The van der Waals surface area contributed by atoms with Crippen molar-refractivity contribution in [3.05, 3.63) is 35.4 Å². The van der Waals surface area contributed by atoms with Gasteiger partial charge < -0.3 is 15.9 Å². The van der Waals surface area contributed by atoms with Crippen LogP contribution in [0.5, 0.6) is 0 Å². The van der Waals surface area contributed by atoms with Crippen LogP contribution in [0.3, 0.4) is 0 Å². The maximum Gasteiger partial charge on any atom is 0.310 e. The molecule has 4 N–H and O–H groups in total. The first-order valence-electron chi connectivity index (χ1n) is 5.28. The highest BCUT2D eigenvalue weighted by atomic mass is 16.4. The minimum absolute atomic E-state index is 0.0899. The van der Waals surface area contributed by atoms with E-state index in [0.717, 1.165) is 5.56 Å². The molecule has 0 aliphatic carbocycles. The summed E-state index contributed by atoms with van der Waals surface area (Å²) in [5, 5.41) is 17.6. The molecule has 0 radical (unpaired) electrons. The highest BCUT2D eigenvalue weighted by molar-refractivity contribution is 5.77. The second-order valence-electron chi connectivity index (χ2n) is 3.77. The molecule has 0 bridgehead atoms. The average Bonchev–Trinajstić information content (AvgIpc) is 2.29. The lowest BCUT2D eigenvalue weighted by Crippen LogP contribution is -2.13. The van der Waals surface area contributed by atoms with Gasteiger partial charge in [0.15, 0.2) is 0 Å². The van der Waals surface area contributed by atoms with Crippen LogP contribution in [0, 0.1) is 0 Å². The Morgan fingerprint density at radius 1 is 1.18 bits per heavy atom. The lowest BCUT2D eigenvalue weighted by atomic mass is 9.93. The van der Waals surface area contributed by atoms with Crippen molar-refractivity contribution < 1.29 is 19.8 Å². The highest BCUT2D eigenvalue weighted by Gasteiger charge is 2.20. The van der Waals surface area contributed by atoms with Crippen molar-refractivity contribution in [2.75, 3.05) is 0 Å². The maximum absolute atomic E-state index is 11.0. The monoisotopic (exact) mass is 237 g/mol. The fourth-order valence-corrected chi connectivity index (χ4v) is 1.59. The average molecular weight is 237 g/mol. The van der Waals surface area contributed by atoms with Gasteiger partial charge in [0, 0.05) is 13.0 Å². The van der Waals surface area contributed by atoms with Gasteiger partial charge in [-0.1, -0.05) is 24.3 Å². The van der Waals surface area contributed by atoms with Gasteiger partial charge in [-0.3, -0.25) is 9.59 Å². The van der Waals surface area contributed by atoms with E-state index < -0.39 is 17.9 Å². The lowest BCUT2D eigenvalue weighted by molar-refractivity contribution is -0.140. The van der Waals surface area contributed by atoms with Crippen molar-refractivity contribution >= 4 is 11.9 Å². The van der Waals surface area contributed by atoms with Gasteiger partial charge in [-0.25, -0.2) is 0 Å². The van der Waals surface area contributed by atoms with Gasteiger partial charge in [-0.15, -0.1) is 0 Å². The molecule has 1 unspecified atom stereocenters. The molecule has 0 fully saturated rings. The second kappa shape index (κ2) is 6.00.